The number of nitrogens with zero attached hydrogens (tertiary/aromatic N) is 2. The van der Waals surface area contributed by atoms with E-state index in [0.29, 0.717) is 24.4 Å². The third-order valence-electron chi connectivity index (χ3n) is 2.45. The van der Waals surface area contributed by atoms with Gasteiger partial charge in [-0.25, -0.2) is 4.98 Å². The van der Waals surface area contributed by atoms with Gasteiger partial charge in [0.15, 0.2) is 0 Å². The fourth-order valence-corrected chi connectivity index (χ4v) is 1.57. The van der Waals surface area contributed by atoms with Crippen LogP contribution in [0, 0.1) is 16.7 Å². The molecule has 16 heavy (non-hydrogen) atoms. The number of nitriles is 1. The molecule has 1 saturated heterocycles. The van der Waals surface area contributed by atoms with E-state index in [0.717, 1.165) is 0 Å². The number of hydrogen-bond acceptors (Lipinski definition) is 4. The summed E-state index contributed by atoms with van der Waals surface area (Å²) in [5.41, 5.74) is 1.11. The largest absolute Gasteiger partial charge is 0.496 e. The standard InChI is InChI=1S/C11H13BN2O2/c1-11(2)7-15-12(16-8-11)9-4-3-5-14-10(9)6-13/h3-5H,7-8H2,1-2H3. The van der Waals surface area contributed by atoms with Crippen molar-refractivity contribution in [3.8, 4) is 6.07 Å². The zero-order valence-electron chi connectivity index (χ0n) is 9.43. The fraction of sp³-hybridized carbons (Fsp3) is 0.455. The summed E-state index contributed by atoms with van der Waals surface area (Å²) in [6.07, 6.45) is 1.59. The molecule has 1 aliphatic rings. The average molecular weight is 216 g/mol. The fourth-order valence-electron chi connectivity index (χ4n) is 1.57. The first-order valence-corrected chi connectivity index (χ1v) is 5.21. The molecular weight excluding hydrogens is 203 g/mol. The molecule has 0 spiro atoms. The van der Waals surface area contributed by atoms with Crippen LogP contribution in [0.3, 0.4) is 0 Å². The summed E-state index contributed by atoms with van der Waals surface area (Å²) in [7, 11) is -0.462. The second-order valence-electron chi connectivity index (χ2n) is 4.67. The molecular formula is C11H13BN2O2. The Morgan fingerprint density at radius 3 is 2.75 bits per heavy atom. The maximum Gasteiger partial charge on any atom is 0.496 e. The molecule has 1 aliphatic heterocycles. The molecule has 0 unspecified atom stereocenters. The predicted molar refractivity (Wildman–Crippen MR) is 60.0 cm³/mol. The van der Waals surface area contributed by atoms with Crippen molar-refractivity contribution in [1.82, 2.24) is 4.98 Å². The molecule has 2 rings (SSSR count). The minimum absolute atomic E-state index is 0.0332. The van der Waals surface area contributed by atoms with Crippen molar-refractivity contribution >= 4 is 12.6 Å². The van der Waals surface area contributed by atoms with E-state index in [1.807, 2.05) is 12.1 Å². The smallest absolute Gasteiger partial charge is 0.407 e. The lowest BCUT2D eigenvalue weighted by atomic mass is 9.75. The van der Waals surface area contributed by atoms with Gasteiger partial charge in [0.25, 0.3) is 0 Å². The molecule has 1 aromatic rings. The second kappa shape index (κ2) is 4.24. The molecule has 2 heterocycles. The molecule has 0 amide bonds. The lowest BCUT2D eigenvalue weighted by molar-refractivity contribution is 0.0342. The van der Waals surface area contributed by atoms with Crippen molar-refractivity contribution in [2.45, 2.75) is 13.8 Å². The lowest BCUT2D eigenvalue weighted by Gasteiger charge is -2.33. The van der Waals surface area contributed by atoms with Gasteiger partial charge in [-0.3, -0.25) is 0 Å². The van der Waals surface area contributed by atoms with Crippen LogP contribution in [0.1, 0.15) is 19.5 Å². The number of rotatable bonds is 1. The maximum absolute atomic E-state index is 8.93. The van der Waals surface area contributed by atoms with Crippen molar-refractivity contribution in [3.63, 3.8) is 0 Å². The molecule has 0 saturated carbocycles. The van der Waals surface area contributed by atoms with Crippen LogP contribution in [-0.4, -0.2) is 25.3 Å². The lowest BCUT2D eigenvalue weighted by Crippen LogP contribution is -2.48. The van der Waals surface area contributed by atoms with Crippen LogP contribution in [0.15, 0.2) is 18.3 Å². The SMILES string of the molecule is CC1(C)COB(c2cccnc2C#N)OC1. The summed E-state index contributed by atoms with van der Waals surface area (Å²) in [4.78, 5) is 3.99. The second-order valence-corrected chi connectivity index (χ2v) is 4.67. The Labute approximate surface area is 95.3 Å². The van der Waals surface area contributed by atoms with Crippen LogP contribution in [-0.2, 0) is 9.31 Å². The van der Waals surface area contributed by atoms with Crippen LogP contribution < -0.4 is 5.46 Å². The van der Waals surface area contributed by atoms with Gasteiger partial charge < -0.3 is 9.31 Å². The highest BCUT2D eigenvalue weighted by atomic mass is 16.6. The zero-order valence-corrected chi connectivity index (χ0v) is 9.43. The van der Waals surface area contributed by atoms with Crippen molar-refractivity contribution in [3.05, 3.63) is 24.0 Å². The van der Waals surface area contributed by atoms with Crippen LogP contribution in [0.25, 0.3) is 0 Å². The third-order valence-corrected chi connectivity index (χ3v) is 2.45. The Morgan fingerprint density at radius 2 is 2.12 bits per heavy atom. The summed E-state index contributed by atoms with van der Waals surface area (Å²) in [6, 6.07) is 5.64. The van der Waals surface area contributed by atoms with Crippen molar-refractivity contribution in [2.24, 2.45) is 5.41 Å². The van der Waals surface area contributed by atoms with Gasteiger partial charge in [0, 0.05) is 30.3 Å². The van der Waals surface area contributed by atoms with Crippen molar-refractivity contribution < 1.29 is 9.31 Å². The van der Waals surface area contributed by atoms with E-state index >= 15 is 0 Å². The number of hydrogen-bond donors (Lipinski definition) is 0. The van der Waals surface area contributed by atoms with Crippen molar-refractivity contribution in [1.29, 1.82) is 5.26 Å². The van der Waals surface area contributed by atoms with E-state index < -0.39 is 7.12 Å². The van der Waals surface area contributed by atoms with Crippen LogP contribution in [0.5, 0.6) is 0 Å². The highest BCUT2D eigenvalue weighted by molar-refractivity contribution is 6.62. The molecule has 0 aliphatic carbocycles. The monoisotopic (exact) mass is 216 g/mol. The third kappa shape index (κ3) is 2.24. The molecule has 0 bridgehead atoms. The Hall–Kier alpha value is -1.38. The first-order chi connectivity index (χ1) is 7.62. The summed E-state index contributed by atoms with van der Waals surface area (Å²) < 4.78 is 11.2. The molecule has 0 N–H and O–H groups in total. The van der Waals surface area contributed by atoms with Gasteiger partial charge in [0.2, 0.25) is 0 Å². The van der Waals surface area contributed by atoms with Gasteiger partial charge in [-0.2, -0.15) is 5.26 Å². The normalized spacial score (nSPS) is 19.2. The Bertz CT molecular complexity index is 418. The van der Waals surface area contributed by atoms with Gasteiger partial charge in [-0.05, 0) is 6.07 Å². The van der Waals surface area contributed by atoms with E-state index in [4.69, 9.17) is 14.6 Å². The Balaban J connectivity index is 2.18. The molecule has 0 aromatic carbocycles. The van der Waals surface area contributed by atoms with Crippen molar-refractivity contribution in [2.75, 3.05) is 13.2 Å². The van der Waals surface area contributed by atoms with E-state index in [-0.39, 0.29) is 5.41 Å². The summed E-state index contributed by atoms with van der Waals surface area (Å²) in [5.74, 6) is 0. The maximum atomic E-state index is 8.93. The molecule has 5 heteroatoms. The minimum atomic E-state index is -0.462. The summed E-state index contributed by atoms with van der Waals surface area (Å²) in [6.45, 7) is 5.41. The van der Waals surface area contributed by atoms with E-state index in [2.05, 4.69) is 18.8 Å². The quantitative estimate of drug-likeness (QED) is 0.649. The molecule has 82 valence electrons. The van der Waals surface area contributed by atoms with E-state index in [1.54, 1.807) is 12.3 Å². The van der Waals surface area contributed by atoms with Crippen LogP contribution >= 0.6 is 0 Å². The van der Waals surface area contributed by atoms with Crippen LogP contribution in [0.4, 0.5) is 0 Å². The van der Waals surface area contributed by atoms with E-state index in [9.17, 15) is 0 Å². The predicted octanol–water partition coefficient (Wildman–Crippen LogP) is 0.721. The van der Waals surface area contributed by atoms with Gasteiger partial charge in [-0.1, -0.05) is 19.9 Å². The van der Waals surface area contributed by atoms with Gasteiger partial charge >= 0.3 is 7.12 Å². The molecule has 1 fully saturated rings. The molecule has 0 atom stereocenters. The molecule has 0 radical (unpaired) electrons. The number of aromatic nitrogens is 1. The van der Waals surface area contributed by atoms with Gasteiger partial charge in [-0.15, -0.1) is 0 Å². The molecule has 4 nitrogen and oxygen atoms in total. The highest BCUT2D eigenvalue weighted by Crippen LogP contribution is 2.21. The van der Waals surface area contributed by atoms with E-state index in [1.165, 1.54) is 0 Å². The van der Waals surface area contributed by atoms with Gasteiger partial charge in [0.05, 0.1) is 0 Å². The zero-order chi connectivity index (χ0) is 11.6. The topological polar surface area (TPSA) is 55.1 Å². The first-order valence-electron chi connectivity index (χ1n) is 5.21. The summed E-state index contributed by atoms with van der Waals surface area (Å²) >= 11 is 0. The number of pyridine rings is 1. The minimum Gasteiger partial charge on any atom is -0.407 e. The van der Waals surface area contributed by atoms with Crippen LogP contribution in [0.2, 0.25) is 0 Å². The first kappa shape index (κ1) is 11.1. The summed E-state index contributed by atoms with van der Waals surface area (Å²) in [5, 5.41) is 8.93. The molecule has 1 aromatic heterocycles. The Morgan fingerprint density at radius 1 is 1.44 bits per heavy atom. The Kier molecular flexibility index (Phi) is 2.95. The highest BCUT2D eigenvalue weighted by Gasteiger charge is 2.34. The average Bonchev–Trinajstić information content (AvgIpc) is 2.29. The van der Waals surface area contributed by atoms with Gasteiger partial charge in [0.1, 0.15) is 11.8 Å².